The second-order valence-corrected chi connectivity index (χ2v) is 8.22. The number of amides is 2. The summed E-state index contributed by atoms with van der Waals surface area (Å²) >= 11 is 5.87. The molecule has 3 rings (SSSR count). The third-order valence-electron chi connectivity index (χ3n) is 5.13. The summed E-state index contributed by atoms with van der Waals surface area (Å²) in [7, 11) is 0. The average molecular weight is 413 g/mol. The van der Waals surface area contributed by atoms with Crippen LogP contribution in [-0.4, -0.2) is 24.0 Å². The number of aryl methyl sites for hydroxylation is 1. The highest BCUT2D eigenvalue weighted by Crippen LogP contribution is 2.21. The zero-order valence-electron chi connectivity index (χ0n) is 17.1. The summed E-state index contributed by atoms with van der Waals surface area (Å²) in [6, 6.07) is 10.9. The lowest BCUT2D eigenvalue weighted by atomic mass is 9.97. The first kappa shape index (κ1) is 21.1. The van der Waals surface area contributed by atoms with E-state index in [2.05, 4.69) is 10.3 Å². The summed E-state index contributed by atoms with van der Waals surface area (Å²) in [5.41, 5.74) is 1.09. The fourth-order valence-electron chi connectivity index (χ4n) is 3.19. The summed E-state index contributed by atoms with van der Waals surface area (Å²) in [6.07, 6.45) is 2.43. The molecule has 152 valence electrons. The number of nitrogens with one attached hydrogen (secondary N) is 1. The van der Waals surface area contributed by atoms with Gasteiger partial charge in [-0.2, -0.15) is 0 Å². The van der Waals surface area contributed by atoms with Crippen molar-refractivity contribution < 1.29 is 14.3 Å². The van der Waals surface area contributed by atoms with E-state index >= 15 is 0 Å². The summed E-state index contributed by atoms with van der Waals surface area (Å²) in [4.78, 5) is 29.3. The molecule has 2 aromatic carbocycles. The van der Waals surface area contributed by atoms with E-state index in [1.54, 1.807) is 38.1 Å². The van der Waals surface area contributed by atoms with Crippen LogP contribution in [0.3, 0.4) is 0 Å². The highest BCUT2D eigenvalue weighted by atomic mass is 35.5. The third-order valence-corrected chi connectivity index (χ3v) is 5.38. The zero-order chi connectivity index (χ0) is 21.2. The van der Waals surface area contributed by atoms with Gasteiger partial charge in [0.15, 0.2) is 5.60 Å². The van der Waals surface area contributed by atoms with Crippen LogP contribution in [0.2, 0.25) is 5.02 Å². The molecule has 1 aliphatic rings. The van der Waals surface area contributed by atoms with Gasteiger partial charge in [0.1, 0.15) is 5.75 Å². The van der Waals surface area contributed by atoms with Crippen LogP contribution in [-0.2, 0) is 9.59 Å². The molecule has 1 atom stereocenters. The minimum Gasteiger partial charge on any atom is -0.478 e. The summed E-state index contributed by atoms with van der Waals surface area (Å²) in [6.45, 7) is 7.74. The molecule has 6 heteroatoms. The Labute approximate surface area is 175 Å². The first-order valence-electron chi connectivity index (χ1n) is 9.61. The number of ether oxygens (including phenoxy) is 1. The Balaban J connectivity index is 1.61. The smallest absolute Gasteiger partial charge is 0.263 e. The maximum absolute atomic E-state index is 12.6. The minimum absolute atomic E-state index is 0.169. The fraction of sp³-hybridized carbons (Fsp3) is 0.348. The number of benzene rings is 2. The molecule has 0 radical (unpaired) electrons. The first-order valence-corrected chi connectivity index (χ1v) is 9.99. The molecule has 1 unspecified atom stereocenters. The van der Waals surface area contributed by atoms with Crippen molar-refractivity contribution in [2.45, 2.75) is 39.7 Å². The number of fused-ring (bicyclic) bond motifs is 1. The van der Waals surface area contributed by atoms with Gasteiger partial charge in [-0.25, -0.2) is 4.99 Å². The Hall–Kier alpha value is -2.66. The molecule has 2 aromatic rings. The highest BCUT2D eigenvalue weighted by molar-refractivity contribution is 6.30. The van der Waals surface area contributed by atoms with E-state index < -0.39 is 5.60 Å². The molecule has 1 heterocycles. The molecule has 0 saturated heterocycles. The second kappa shape index (κ2) is 8.37. The van der Waals surface area contributed by atoms with Gasteiger partial charge in [0.05, 0.1) is 11.3 Å². The second-order valence-electron chi connectivity index (χ2n) is 7.78. The molecule has 29 heavy (non-hydrogen) atoms. The van der Waals surface area contributed by atoms with Gasteiger partial charge in [-0.15, -0.1) is 0 Å². The van der Waals surface area contributed by atoms with Gasteiger partial charge in [-0.05, 0) is 74.7 Å². The molecular weight excluding hydrogens is 388 g/mol. The molecule has 0 saturated carbocycles. The van der Waals surface area contributed by atoms with Crippen LogP contribution in [0.1, 0.15) is 31.4 Å². The van der Waals surface area contributed by atoms with Crippen molar-refractivity contribution in [3.63, 3.8) is 0 Å². The Morgan fingerprint density at radius 3 is 2.55 bits per heavy atom. The quantitative estimate of drug-likeness (QED) is 0.793. The van der Waals surface area contributed by atoms with Gasteiger partial charge >= 0.3 is 0 Å². The molecule has 0 aliphatic carbocycles. The number of halogens is 1. The van der Waals surface area contributed by atoms with Crippen LogP contribution in [0.25, 0.3) is 6.08 Å². The highest BCUT2D eigenvalue weighted by Gasteiger charge is 2.30. The van der Waals surface area contributed by atoms with Crippen molar-refractivity contribution in [3.05, 3.63) is 63.1 Å². The van der Waals surface area contributed by atoms with E-state index in [0.717, 1.165) is 21.7 Å². The normalized spacial score (nSPS) is 15.8. The fourth-order valence-corrected chi connectivity index (χ4v) is 3.32. The number of nitrogens with zero attached hydrogens (tertiary/aromatic N) is 1. The van der Waals surface area contributed by atoms with Gasteiger partial charge in [0, 0.05) is 11.6 Å². The van der Waals surface area contributed by atoms with Crippen LogP contribution in [0.4, 0.5) is 0 Å². The minimum atomic E-state index is -1.06. The van der Waals surface area contributed by atoms with Crippen molar-refractivity contribution in [2.24, 2.45) is 10.9 Å². The molecule has 2 amide bonds. The lowest BCUT2D eigenvalue weighted by Crippen LogP contribution is -2.47. The van der Waals surface area contributed by atoms with E-state index in [9.17, 15) is 9.59 Å². The summed E-state index contributed by atoms with van der Waals surface area (Å²) in [5, 5.41) is 5.19. The van der Waals surface area contributed by atoms with Crippen molar-refractivity contribution in [3.8, 4) is 5.75 Å². The Kier molecular flexibility index (Phi) is 6.08. The zero-order valence-corrected chi connectivity index (χ0v) is 17.8. The van der Waals surface area contributed by atoms with E-state index in [1.165, 1.54) is 0 Å². The predicted octanol–water partition coefficient (Wildman–Crippen LogP) is 2.88. The van der Waals surface area contributed by atoms with Gasteiger partial charge < -0.3 is 10.1 Å². The molecule has 0 spiro atoms. The van der Waals surface area contributed by atoms with E-state index in [1.807, 2.05) is 32.1 Å². The Morgan fingerprint density at radius 1 is 1.17 bits per heavy atom. The van der Waals surface area contributed by atoms with Gasteiger partial charge in [0.25, 0.3) is 11.8 Å². The van der Waals surface area contributed by atoms with E-state index in [0.29, 0.717) is 23.7 Å². The Bertz CT molecular complexity index is 1060. The number of carbonyl (C=O) groups excluding carboxylic acids is 2. The van der Waals surface area contributed by atoms with Crippen molar-refractivity contribution in [1.82, 2.24) is 5.32 Å². The molecule has 0 aromatic heterocycles. The van der Waals surface area contributed by atoms with Crippen molar-refractivity contribution in [1.29, 1.82) is 0 Å². The average Bonchev–Trinajstić information content (AvgIpc) is 2.67. The first-order chi connectivity index (χ1) is 13.7. The SMILES string of the molecule is Cc1ccc2c(c1C)=NC(=O)C(CCNC(=O)C(C)(C)Oc1ccc(Cl)cc1)C=2. The van der Waals surface area contributed by atoms with Gasteiger partial charge in [-0.3, -0.25) is 9.59 Å². The molecule has 1 aliphatic heterocycles. The predicted molar refractivity (Wildman–Crippen MR) is 113 cm³/mol. The molecule has 5 nitrogen and oxygen atoms in total. The van der Waals surface area contributed by atoms with Crippen LogP contribution < -0.4 is 20.6 Å². The van der Waals surface area contributed by atoms with Crippen LogP contribution in [0, 0.1) is 19.8 Å². The van der Waals surface area contributed by atoms with Crippen molar-refractivity contribution in [2.75, 3.05) is 6.54 Å². The summed E-state index contributed by atoms with van der Waals surface area (Å²) in [5.74, 6) is -0.201. The topological polar surface area (TPSA) is 67.8 Å². The van der Waals surface area contributed by atoms with Crippen LogP contribution in [0.15, 0.2) is 41.4 Å². The maximum Gasteiger partial charge on any atom is 0.263 e. The van der Waals surface area contributed by atoms with E-state index in [4.69, 9.17) is 16.3 Å². The number of carbonyl (C=O) groups is 2. The molecule has 1 N–H and O–H groups in total. The lowest BCUT2D eigenvalue weighted by Gasteiger charge is -2.25. The lowest BCUT2D eigenvalue weighted by molar-refractivity contribution is -0.134. The maximum atomic E-state index is 12.6. The largest absolute Gasteiger partial charge is 0.478 e. The van der Waals surface area contributed by atoms with Crippen LogP contribution in [0.5, 0.6) is 5.75 Å². The Morgan fingerprint density at radius 2 is 1.86 bits per heavy atom. The number of hydrogen-bond acceptors (Lipinski definition) is 3. The standard InChI is InChI=1S/C23H25ClN2O3/c1-14-5-6-16-13-17(21(27)26-20(16)15(14)2)11-12-25-22(28)23(3,4)29-19-9-7-18(24)8-10-19/h5-10,13,17H,11-12H2,1-4H3,(H,25,28). The van der Waals surface area contributed by atoms with Crippen LogP contribution >= 0.6 is 11.6 Å². The molecule has 0 bridgehead atoms. The number of hydrogen-bond donors (Lipinski definition) is 1. The third kappa shape index (κ3) is 4.85. The molecular formula is C23H25ClN2O3. The summed E-state index contributed by atoms with van der Waals surface area (Å²) < 4.78 is 5.79. The van der Waals surface area contributed by atoms with Gasteiger partial charge in [0.2, 0.25) is 0 Å². The van der Waals surface area contributed by atoms with Crippen molar-refractivity contribution >= 4 is 29.5 Å². The van der Waals surface area contributed by atoms with E-state index in [-0.39, 0.29) is 17.7 Å². The molecule has 0 fully saturated rings. The van der Waals surface area contributed by atoms with Gasteiger partial charge in [-0.1, -0.05) is 29.8 Å². The monoisotopic (exact) mass is 412 g/mol. The number of rotatable bonds is 6.